The van der Waals surface area contributed by atoms with Gasteiger partial charge in [-0.25, -0.2) is 0 Å². The van der Waals surface area contributed by atoms with Crippen LogP contribution in [0.4, 0.5) is 5.82 Å². The molecule has 3 aromatic rings. The third kappa shape index (κ3) is 2.42. The fourth-order valence-corrected chi connectivity index (χ4v) is 2.80. The van der Waals surface area contributed by atoms with Gasteiger partial charge in [0.1, 0.15) is 0 Å². The summed E-state index contributed by atoms with van der Waals surface area (Å²) in [4.78, 5) is 4.29. The summed E-state index contributed by atoms with van der Waals surface area (Å²) in [5.41, 5.74) is 8.06. The van der Waals surface area contributed by atoms with E-state index in [0.717, 1.165) is 10.0 Å². The maximum Gasteiger partial charge on any atom is 0.178 e. The second-order valence-corrected chi connectivity index (χ2v) is 5.50. The van der Waals surface area contributed by atoms with Crippen molar-refractivity contribution in [3.05, 3.63) is 52.1 Å². The number of halogens is 2. The molecule has 0 aliphatic rings. The van der Waals surface area contributed by atoms with Gasteiger partial charge in [0.2, 0.25) is 0 Å². The highest BCUT2D eigenvalue weighted by Gasteiger charge is 2.19. The van der Waals surface area contributed by atoms with Crippen molar-refractivity contribution in [2.75, 3.05) is 5.73 Å². The molecule has 0 fully saturated rings. The van der Waals surface area contributed by atoms with E-state index in [-0.39, 0.29) is 0 Å². The van der Waals surface area contributed by atoms with Gasteiger partial charge in [-0.15, -0.1) is 0 Å². The molecule has 0 saturated heterocycles. The number of nitrogens with zero attached hydrogens (tertiary/aromatic N) is 2. The average Bonchev–Trinajstić information content (AvgIpc) is 2.80. The van der Waals surface area contributed by atoms with Crippen molar-refractivity contribution in [2.24, 2.45) is 0 Å². The Morgan fingerprint density at radius 1 is 1.20 bits per heavy atom. The molecule has 2 aromatic heterocycles. The Hall–Kier alpha value is -1.85. The molecule has 0 spiro atoms. The van der Waals surface area contributed by atoms with Crippen molar-refractivity contribution in [3.63, 3.8) is 0 Å². The number of rotatable bonds is 2. The number of nitrogen functional groups attached to an aromatic ring is 1. The molecule has 4 nitrogen and oxygen atoms in total. The normalized spacial score (nSPS) is 10.7. The summed E-state index contributed by atoms with van der Waals surface area (Å²) in [6.45, 7) is 0. The second kappa shape index (κ2) is 5.26. The van der Waals surface area contributed by atoms with E-state index < -0.39 is 0 Å². The summed E-state index contributed by atoms with van der Waals surface area (Å²) in [5.74, 6) is 0.846. The van der Waals surface area contributed by atoms with E-state index in [2.05, 4.69) is 26.1 Å². The first-order valence-electron chi connectivity index (χ1n) is 5.78. The Labute approximate surface area is 128 Å². The standard InChI is InChI=1S/C14H9BrClN3O/c15-9-5-8(6-10(16)7-9)13-12(14(17)19-20-13)11-3-1-2-4-18-11/h1-7H,(H2,17,19). The Morgan fingerprint density at radius 2 is 2.05 bits per heavy atom. The van der Waals surface area contributed by atoms with Crippen LogP contribution in [0.3, 0.4) is 0 Å². The van der Waals surface area contributed by atoms with Gasteiger partial charge in [-0.3, -0.25) is 4.98 Å². The monoisotopic (exact) mass is 349 g/mol. The van der Waals surface area contributed by atoms with Crippen LogP contribution in [0.5, 0.6) is 0 Å². The van der Waals surface area contributed by atoms with Gasteiger partial charge in [-0.1, -0.05) is 38.8 Å². The van der Waals surface area contributed by atoms with Crippen LogP contribution in [0.15, 0.2) is 51.6 Å². The summed E-state index contributed by atoms with van der Waals surface area (Å²) in [5, 5.41) is 4.43. The lowest BCUT2D eigenvalue weighted by atomic mass is 10.1. The number of pyridine rings is 1. The molecule has 2 heterocycles. The zero-order valence-corrected chi connectivity index (χ0v) is 12.5. The molecule has 2 N–H and O–H groups in total. The van der Waals surface area contributed by atoms with Crippen molar-refractivity contribution in [1.82, 2.24) is 10.1 Å². The largest absolute Gasteiger partial charge is 0.380 e. The van der Waals surface area contributed by atoms with Crippen molar-refractivity contribution in [3.8, 4) is 22.6 Å². The smallest absolute Gasteiger partial charge is 0.178 e. The first-order chi connectivity index (χ1) is 9.65. The van der Waals surface area contributed by atoms with Gasteiger partial charge in [0, 0.05) is 21.3 Å². The lowest BCUT2D eigenvalue weighted by Gasteiger charge is -2.03. The van der Waals surface area contributed by atoms with E-state index in [4.69, 9.17) is 21.9 Å². The van der Waals surface area contributed by atoms with E-state index in [1.54, 1.807) is 18.3 Å². The summed E-state index contributed by atoms with van der Waals surface area (Å²) in [6, 6.07) is 11.0. The van der Waals surface area contributed by atoms with Gasteiger partial charge < -0.3 is 10.3 Å². The molecule has 20 heavy (non-hydrogen) atoms. The van der Waals surface area contributed by atoms with Gasteiger partial charge in [0.15, 0.2) is 11.6 Å². The molecule has 0 unspecified atom stereocenters. The highest BCUT2D eigenvalue weighted by atomic mass is 79.9. The molecule has 6 heteroatoms. The number of hydrogen-bond donors (Lipinski definition) is 1. The minimum absolute atomic E-state index is 0.301. The van der Waals surface area contributed by atoms with Crippen LogP contribution < -0.4 is 5.73 Å². The molecule has 0 amide bonds. The van der Waals surface area contributed by atoms with Gasteiger partial charge in [0.05, 0.1) is 11.3 Å². The average molecular weight is 351 g/mol. The van der Waals surface area contributed by atoms with Crippen LogP contribution in [0.2, 0.25) is 5.02 Å². The molecule has 0 saturated carbocycles. The maximum absolute atomic E-state index is 6.07. The van der Waals surface area contributed by atoms with Gasteiger partial charge >= 0.3 is 0 Å². The zero-order valence-electron chi connectivity index (χ0n) is 10.2. The Balaban J connectivity index is 2.21. The topological polar surface area (TPSA) is 64.9 Å². The minimum atomic E-state index is 0.301. The van der Waals surface area contributed by atoms with Crippen LogP contribution in [0.1, 0.15) is 0 Å². The first kappa shape index (κ1) is 13.1. The summed E-state index contributed by atoms with van der Waals surface area (Å²) < 4.78 is 6.20. The molecule has 1 aromatic carbocycles. The molecule has 0 aliphatic heterocycles. The van der Waals surface area contributed by atoms with E-state index >= 15 is 0 Å². The lowest BCUT2D eigenvalue weighted by molar-refractivity contribution is 0.436. The molecular weight excluding hydrogens is 342 g/mol. The second-order valence-electron chi connectivity index (χ2n) is 4.15. The van der Waals surface area contributed by atoms with E-state index in [0.29, 0.717) is 27.9 Å². The first-order valence-corrected chi connectivity index (χ1v) is 6.95. The number of benzene rings is 1. The van der Waals surface area contributed by atoms with Crippen LogP contribution in [-0.2, 0) is 0 Å². The van der Waals surface area contributed by atoms with Crippen molar-refractivity contribution in [2.45, 2.75) is 0 Å². The molecular formula is C14H9BrClN3O. The Kier molecular flexibility index (Phi) is 3.46. The third-order valence-corrected chi connectivity index (χ3v) is 3.44. The highest BCUT2D eigenvalue weighted by molar-refractivity contribution is 9.10. The quantitative estimate of drug-likeness (QED) is 0.744. The minimum Gasteiger partial charge on any atom is -0.380 e. The van der Waals surface area contributed by atoms with Crippen molar-refractivity contribution >= 4 is 33.3 Å². The maximum atomic E-state index is 6.07. The third-order valence-electron chi connectivity index (χ3n) is 2.76. The predicted octanol–water partition coefficient (Wildman–Crippen LogP) is 4.40. The fourth-order valence-electron chi connectivity index (χ4n) is 1.94. The lowest BCUT2D eigenvalue weighted by Crippen LogP contribution is -1.90. The summed E-state index contributed by atoms with van der Waals surface area (Å²) in [6.07, 6.45) is 1.69. The molecule has 0 radical (unpaired) electrons. The van der Waals surface area contributed by atoms with Crippen LogP contribution in [0.25, 0.3) is 22.6 Å². The van der Waals surface area contributed by atoms with E-state index in [1.165, 1.54) is 0 Å². The van der Waals surface area contributed by atoms with Crippen LogP contribution in [-0.4, -0.2) is 10.1 Å². The van der Waals surface area contributed by atoms with Crippen LogP contribution >= 0.6 is 27.5 Å². The number of anilines is 1. The molecule has 0 atom stereocenters. The molecule has 0 aliphatic carbocycles. The number of aromatic nitrogens is 2. The fraction of sp³-hybridized carbons (Fsp3) is 0. The molecule has 3 rings (SSSR count). The Bertz CT molecular complexity index is 738. The predicted molar refractivity (Wildman–Crippen MR) is 82.3 cm³/mol. The van der Waals surface area contributed by atoms with Gasteiger partial charge in [0.25, 0.3) is 0 Å². The molecule has 100 valence electrons. The zero-order chi connectivity index (χ0) is 14.1. The van der Waals surface area contributed by atoms with Gasteiger partial charge in [-0.2, -0.15) is 0 Å². The van der Waals surface area contributed by atoms with Gasteiger partial charge in [-0.05, 0) is 30.3 Å². The van der Waals surface area contributed by atoms with E-state index in [1.807, 2.05) is 24.3 Å². The van der Waals surface area contributed by atoms with Crippen LogP contribution in [0, 0.1) is 0 Å². The molecule has 0 bridgehead atoms. The number of nitrogens with two attached hydrogens (primary N) is 1. The van der Waals surface area contributed by atoms with E-state index in [9.17, 15) is 0 Å². The Morgan fingerprint density at radius 3 is 2.75 bits per heavy atom. The SMILES string of the molecule is Nc1noc(-c2cc(Cl)cc(Br)c2)c1-c1ccccn1. The highest BCUT2D eigenvalue weighted by Crippen LogP contribution is 2.37. The van der Waals surface area contributed by atoms with Crippen molar-refractivity contribution in [1.29, 1.82) is 0 Å². The summed E-state index contributed by atoms with van der Waals surface area (Å²) >= 11 is 9.47. The summed E-state index contributed by atoms with van der Waals surface area (Å²) in [7, 11) is 0. The number of hydrogen-bond acceptors (Lipinski definition) is 4. The van der Waals surface area contributed by atoms with Crippen molar-refractivity contribution < 1.29 is 4.52 Å².